The molecule has 0 radical (unpaired) electrons. The van der Waals surface area contributed by atoms with Crippen LogP contribution in [0.1, 0.15) is 18.2 Å². The predicted octanol–water partition coefficient (Wildman–Crippen LogP) is 1.09. The zero-order valence-electron chi connectivity index (χ0n) is 11.8. The summed E-state index contributed by atoms with van der Waals surface area (Å²) in [5.74, 6) is 0. The zero-order chi connectivity index (χ0) is 14.3. The van der Waals surface area contributed by atoms with E-state index in [0.29, 0.717) is 24.5 Å². The van der Waals surface area contributed by atoms with E-state index in [9.17, 15) is 8.42 Å². The Balaban J connectivity index is 2.64. The highest BCUT2D eigenvalue weighted by Crippen LogP contribution is 2.21. The van der Waals surface area contributed by atoms with Crippen molar-refractivity contribution in [3.8, 4) is 0 Å². The van der Waals surface area contributed by atoms with E-state index in [2.05, 4.69) is 17.0 Å². The molecule has 0 aliphatic rings. The Hall–Kier alpha value is -0.470. The van der Waals surface area contributed by atoms with Crippen LogP contribution in [0.15, 0.2) is 16.3 Å². The van der Waals surface area contributed by atoms with Gasteiger partial charge in [-0.1, -0.05) is 6.92 Å². The summed E-state index contributed by atoms with van der Waals surface area (Å²) in [5, 5.41) is 5.06. The summed E-state index contributed by atoms with van der Waals surface area (Å²) in [6.45, 7) is 4.70. The molecule has 19 heavy (non-hydrogen) atoms. The van der Waals surface area contributed by atoms with Gasteiger partial charge in [0.2, 0.25) is 10.0 Å². The molecule has 0 aromatic carbocycles. The standard InChI is InChI=1S/C12H23N3O2S2/c1-4-6-13-10-11-12(5-9-18-11)19(16,17)14-7-8-15(2)3/h5,9,13-14H,4,6-8,10H2,1-3H3. The Labute approximate surface area is 120 Å². The van der Waals surface area contributed by atoms with Crippen molar-refractivity contribution in [1.29, 1.82) is 0 Å². The number of rotatable bonds is 9. The van der Waals surface area contributed by atoms with Gasteiger partial charge in [0, 0.05) is 24.5 Å². The molecule has 1 aromatic heterocycles. The third-order valence-electron chi connectivity index (χ3n) is 2.56. The van der Waals surface area contributed by atoms with Crippen molar-refractivity contribution in [2.75, 3.05) is 33.7 Å². The largest absolute Gasteiger partial charge is 0.312 e. The molecule has 0 amide bonds. The quantitative estimate of drug-likeness (QED) is 0.671. The minimum atomic E-state index is -3.39. The highest BCUT2D eigenvalue weighted by atomic mass is 32.2. The van der Waals surface area contributed by atoms with Crippen molar-refractivity contribution in [2.45, 2.75) is 24.8 Å². The Kier molecular flexibility index (Phi) is 6.95. The predicted molar refractivity (Wildman–Crippen MR) is 80.1 cm³/mol. The normalized spacial score (nSPS) is 12.2. The molecule has 0 atom stereocenters. The van der Waals surface area contributed by atoms with E-state index < -0.39 is 10.0 Å². The molecule has 1 rings (SSSR count). The molecule has 0 spiro atoms. The molecular weight excluding hydrogens is 282 g/mol. The van der Waals surface area contributed by atoms with Crippen molar-refractivity contribution >= 4 is 21.4 Å². The van der Waals surface area contributed by atoms with Gasteiger partial charge in [0.15, 0.2) is 0 Å². The molecule has 7 heteroatoms. The van der Waals surface area contributed by atoms with Crippen molar-refractivity contribution < 1.29 is 8.42 Å². The number of nitrogens with one attached hydrogen (secondary N) is 2. The monoisotopic (exact) mass is 305 g/mol. The lowest BCUT2D eigenvalue weighted by Crippen LogP contribution is -2.31. The van der Waals surface area contributed by atoms with Crippen LogP contribution >= 0.6 is 11.3 Å². The molecule has 0 saturated carbocycles. The summed E-state index contributed by atoms with van der Waals surface area (Å²) < 4.78 is 27.0. The van der Waals surface area contributed by atoms with Crippen LogP contribution < -0.4 is 10.0 Å². The van der Waals surface area contributed by atoms with Gasteiger partial charge in [-0.05, 0) is 38.5 Å². The first-order chi connectivity index (χ1) is 8.97. The fourth-order valence-corrected chi connectivity index (χ4v) is 3.99. The van der Waals surface area contributed by atoms with E-state index in [1.54, 1.807) is 6.07 Å². The van der Waals surface area contributed by atoms with Crippen LogP contribution in [-0.4, -0.2) is 47.0 Å². The lowest BCUT2D eigenvalue weighted by Gasteiger charge is -2.11. The highest BCUT2D eigenvalue weighted by molar-refractivity contribution is 7.89. The summed E-state index contributed by atoms with van der Waals surface area (Å²) in [7, 11) is 0.445. The van der Waals surface area contributed by atoms with Gasteiger partial charge in [-0.15, -0.1) is 11.3 Å². The minimum Gasteiger partial charge on any atom is -0.312 e. The van der Waals surface area contributed by atoms with Gasteiger partial charge in [0.25, 0.3) is 0 Å². The maximum absolute atomic E-state index is 12.2. The van der Waals surface area contributed by atoms with Crippen LogP contribution in [0.4, 0.5) is 0 Å². The molecule has 0 aliphatic heterocycles. The van der Waals surface area contributed by atoms with Crippen molar-refractivity contribution in [3.05, 3.63) is 16.3 Å². The van der Waals surface area contributed by atoms with Gasteiger partial charge in [0.1, 0.15) is 0 Å². The molecular formula is C12H23N3O2S2. The van der Waals surface area contributed by atoms with E-state index in [-0.39, 0.29) is 0 Å². The third kappa shape index (κ3) is 5.58. The number of thiophene rings is 1. The van der Waals surface area contributed by atoms with Crippen molar-refractivity contribution in [1.82, 2.24) is 14.9 Å². The van der Waals surface area contributed by atoms with E-state index in [4.69, 9.17) is 0 Å². The van der Waals surface area contributed by atoms with Crippen molar-refractivity contribution in [2.24, 2.45) is 0 Å². The Morgan fingerprint density at radius 2 is 2.05 bits per heavy atom. The molecule has 5 nitrogen and oxygen atoms in total. The number of likely N-dealkylation sites (N-methyl/N-ethyl adjacent to an activating group) is 1. The molecule has 1 aromatic rings. The van der Waals surface area contributed by atoms with Gasteiger partial charge in [-0.25, -0.2) is 13.1 Å². The lowest BCUT2D eigenvalue weighted by molar-refractivity contribution is 0.412. The van der Waals surface area contributed by atoms with Gasteiger partial charge < -0.3 is 10.2 Å². The van der Waals surface area contributed by atoms with Gasteiger partial charge in [0.05, 0.1) is 4.90 Å². The molecule has 110 valence electrons. The van der Waals surface area contributed by atoms with E-state index in [0.717, 1.165) is 17.8 Å². The Bertz CT molecular complexity index is 469. The first kappa shape index (κ1) is 16.6. The van der Waals surface area contributed by atoms with Crippen LogP contribution in [-0.2, 0) is 16.6 Å². The molecule has 1 heterocycles. The first-order valence-corrected chi connectivity index (χ1v) is 8.75. The van der Waals surface area contributed by atoms with E-state index >= 15 is 0 Å². The SMILES string of the molecule is CCCNCc1sccc1S(=O)(=O)NCCN(C)C. The molecule has 0 unspecified atom stereocenters. The number of nitrogens with zero attached hydrogens (tertiary/aromatic N) is 1. The minimum absolute atomic E-state index is 0.403. The maximum Gasteiger partial charge on any atom is 0.241 e. The van der Waals surface area contributed by atoms with Crippen LogP contribution in [0, 0.1) is 0 Å². The second-order valence-electron chi connectivity index (χ2n) is 4.59. The molecule has 0 bridgehead atoms. The van der Waals surface area contributed by atoms with Crippen LogP contribution in [0.2, 0.25) is 0 Å². The van der Waals surface area contributed by atoms with Crippen LogP contribution in [0.3, 0.4) is 0 Å². The maximum atomic E-state index is 12.2. The average Bonchev–Trinajstić information content (AvgIpc) is 2.77. The van der Waals surface area contributed by atoms with Crippen LogP contribution in [0.5, 0.6) is 0 Å². The third-order valence-corrected chi connectivity index (χ3v) is 5.15. The lowest BCUT2D eigenvalue weighted by atomic mass is 10.4. The number of sulfonamides is 1. The molecule has 2 N–H and O–H groups in total. The fourth-order valence-electron chi connectivity index (χ4n) is 1.56. The fraction of sp³-hybridized carbons (Fsp3) is 0.667. The summed E-state index contributed by atoms with van der Waals surface area (Å²) in [6, 6.07) is 1.67. The summed E-state index contributed by atoms with van der Waals surface area (Å²) in [6.07, 6.45) is 1.04. The average molecular weight is 305 g/mol. The number of hydrogen-bond acceptors (Lipinski definition) is 5. The van der Waals surface area contributed by atoms with E-state index in [1.807, 2.05) is 24.4 Å². The summed E-state index contributed by atoms with van der Waals surface area (Å²) >= 11 is 1.47. The number of hydrogen-bond donors (Lipinski definition) is 2. The van der Waals surface area contributed by atoms with Gasteiger partial charge in [-0.3, -0.25) is 0 Å². The smallest absolute Gasteiger partial charge is 0.241 e. The molecule has 0 fully saturated rings. The van der Waals surface area contributed by atoms with Crippen LogP contribution in [0.25, 0.3) is 0 Å². The Morgan fingerprint density at radius 1 is 1.32 bits per heavy atom. The molecule has 0 saturated heterocycles. The topological polar surface area (TPSA) is 61.4 Å². The first-order valence-electron chi connectivity index (χ1n) is 6.39. The second-order valence-corrected chi connectivity index (χ2v) is 7.32. The second kappa shape index (κ2) is 7.96. The molecule has 0 aliphatic carbocycles. The summed E-state index contributed by atoms with van der Waals surface area (Å²) in [4.78, 5) is 3.21. The summed E-state index contributed by atoms with van der Waals surface area (Å²) in [5.41, 5.74) is 0. The Morgan fingerprint density at radius 3 is 2.68 bits per heavy atom. The van der Waals surface area contributed by atoms with Crippen molar-refractivity contribution in [3.63, 3.8) is 0 Å². The van der Waals surface area contributed by atoms with Gasteiger partial charge in [-0.2, -0.15) is 0 Å². The van der Waals surface area contributed by atoms with Gasteiger partial charge >= 0.3 is 0 Å². The van der Waals surface area contributed by atoms with E-state index in [1.165, 1.54) is 11.3 Å². The zero-order valence-corrected chi connectivity index (χ0v) is 13.4. The highest BCUT2D eigenvalue weighted by Gasteiger charge is 2.18.